The summed E-state index contributed by atoms with van der Waals surface area (Å²) in [5.74, 6) is 2.68. The van der Waals surface area contributed by atoms with Crippen molar-refractivity contribution in [2.75, 3.05) is 19.6 Å². The van der Waals surface area contributed by atoms with Crippen LogP contribution in [-0.2, 0) is 0 Å². The summed E-state index contributed by atoms with van der Waals surface area (Å²) in [5, 5.41) is 6.88. The lowest BCUT2D eigenvalue weighted by atomic mass is 9.53. The largest absolute Gasteiger partial charge is 0.333 e. The summed E-state index contributed by atoms with van der Waals surface area (Å²) >= 11 is 0. The Morgan fingerprint density at radius 2 is 1.75 bits per heavy atom. The van der Waals surface area contributed by atoms with Gasteiger partial charge < -0.3 is 15.5 Å². The van der Waals surface area contributed by atoms with Gasteiger partial charge in [0.25, 0.3) is 0 Å². The van der Waals surface area contributed by atoms with Crippen molar-refractivity contribution in [3.05, 3.63) is 0 Å². The minimum Gasteiger partial charge on any atom is -0.333 e. The predicted octanol–water partition coefficient (Wildman–Crippen LogP) is 1.96. The molecule has 2 amide bonds. The fraction of sp³-hybridized carbons (Fsp3) is 0.938. The highest BCUT2D eigenvalue weighted by Crippen LogP contribution is 2.55. The van der Waals surface area contributed by atoms with E-state index in [0.29, 0.717) is 6.04 Å². The highest BCUT2D eigenvalue weighted by Gasteiger charge is 2.51. The number of urea groups is 1. The van der Waals surface area contributed by atoms with Crippen molar-refractivity contribution in [1.82, 2.24) is 15.5 Å². The minimum atomic E-state index is 0.153. The van der Waals surface area contributed by atoms with Crippen LogP contribution in [0.1, 0.15) is 45.4 Å². The molecule has 4 aliphatic carbocycles. The number of carbonyl (C=O) groups excluding carboxylic acids is 1. The van der Waals surface area contributed by atoms with Crippen LogP contribution >= 0.6 is 0 Å². The second-order valence-electron chi connectivity index (χ2n) is 7.93. The van der Waals surface area contributed by atoms with Crippen LogP contribution in [0.4, 0.5) is 4.79 Å². The van der Waals surface area contributed by atoms with E-state index < -0.39 is 0 Å². The van der Waals surface area contributed by atoms with Gasteiger partial charge in [-0.15, -0.1) is 0 Å². The Balaban J connectivity index is 1.44. The third-order valence-electron chi connectivity index (χ3n) is 6.07. The van der Waals surface area contributed by atoms with E-state index in [-0.39, 0.29) is 11.6 Å². The van der Waals surface area contributed by atoms with E-state index in [2.05, 4.69) is 17.6 Å². The lowest BCUT2D eigenvalue weighted by Crippen LogP contribution is -2.63. The quantitative estimate of drug-likeness (QED) is 0.769. The van der Waals surface area contributed by atoms with E-state index in [0.717, 1.165) is 37.4 Å². The number of nitrogens with zero attached hydrogens (tertiary/aromatic N) is 1. The van der Waals surface area contributed by atoms with E-state index in [9.17, 15) is 4.79 Å². The van der Waals surface area contributed by atoms with Crippen LogP contribution in [-0.4, -0.2) is 42.1 Å². The van der Waals surface area contributed by atoms with Crippen molar-refractivity contribution in [1.29, 1.82) is 0 Å². The zero-order chi connectivity index (χ0) is 13.7. The Kier molecular flexibility index (Phi) is 2.99. The second kappa shape index (κ2) is 4.62. The third kappa shape index (κ3) is 2.22. The van der Waals surface area contributed by atoms with E-state index >= 15 is 0 Å². The van der Waals surface area contributed by atoms with Gasteiger partial charge >= 0.3 is 6.03 Å². The highest BCUT2D eigenvalue weighted by molar-refractivity contribution is 5.75. The lowest BCUT2D eigenvalue weighted by molar-refractivity contribution is -0.0160. The van der Waals surface area contributed by atoms with Crippen molar-refractivity contribution in [3.8, 4) is 0 Å². The number of piperazine rings is 1. The van der Waals surface area contributed by atoms with Crippen LogP contribution < -0.4 is 10.6 Å². The molecule has 0 unspecified atom stereocenters. The van der Waals surface area contributed by atoms with Gasteiger partial charge in [-0.1, -0.05) is 0 Å². The lowest BCUT2D eigenvalue weighted by Gasteiger charge is -2.57. The molecule has 4 saturated carbocycles. The molecule has 1 saturated heterocycles. The highest BCUT2D eigenvalue weighted by atomic mass is 16.2. The average Bonchev–Trinajstić information content (AvgIpc) is 2.36. The van der Waals surface area contributed by atoms with Gasteiger partial charge in [0.2, 0.25) is 0 Å². The summed E-state index contributed by atoms with van der Waals surface area (Å²) in [6, 6.07) is 0.617. The Morgan fingerprint density at radius 3 is 2.30 bits per heavy atom. The van der Waals surface area contributed by atoms with Crippen LogP contribution in [0.25, 0.3) is 0 Å². The zero-order valence-electron chi connectivity index (χ0n) is 12.5. The molecular weight excluding hydrogens is 250 g/mol. The normalized spacial score (nSPS) is 46.5. The maximum Gasteiger partial charge on any atom is 0.317 e. The Bertz CT molecular complexity index is 373. The molecule has 0 aromatic rings. The Morgan fingerprint density at radius 1 is 1.15 bits per heavy atom. The fourth-order valence-electron chi connectivity index (χ4n) is 5.69. The standard InChI is InChI=1S/C16H27N3O/c1-11-10-19(3-2-17-11)15(20)18-16-7-12-4-13(8-16)6-14(5-12)9-16/h11-14,17H,2-10H2,1H3,(H,18,20)/t11-,12?,13?,14?,16?/m1/s1. The van der Waals surface area contributed by atoms with Crippen LogP contribution in [0, 0.1) is 17.8 Å². The first-order valence-electron chi connectivity index (χ1n) is 8.42. The molecule has 4 bridgehead atoms. The van der Waals surface area contributed by atoms with Gasteiger partial charge in [-0.3, -0.25) is 0 Å². The Labute approximate surface area is 121 Å². The predicted molar refractivity (Wildman–Crippen MR) is 78.5 cm³/mol. The monoisotopic (exact) mass is 277 g/mol. The number of amides is 2. The maximum absolute atomic E-state index is 12.6. The molecule has 4 nitrogen and oxygen atoms in total. The molecule has 1 aliphatic heterocycles. The summed E-state index contributed by atoms with van der Waals surface area (Å²) in [4.78, 5) is 14.6. The van der Waals surface area contributed by atoms with Crippen molar-refractivity contribution >= 4 is 6.03 Å². The van der Waals surface area contributed by atoms with Crippen molar-refractivity contribution in [3.63, 3.8) is 0 Å². The van der Waals surface area contributed by atoms with Gasteiger partial charge in [-0.05, 0) is 63.2 Å². The molecule has 5 fully saturated rings. The molecule has 112 valence electrons. The molecule has 0 radical (unpaired) electrons. The summed E-state index contributed by atoms with van der Waals surface area (Å²) in [5.41, 5.74) is 0.153. The molecule has 5 rings (SSSR count). The third-order valence-corrected chi connectivity index (χ3v) is 6.07. The molecular formula is C16H27N3O. The van der Waals surface area contributed by atoms with Crippen LogP contribution in [0.15, 0.2) is 0 Å². The van der Waals surface area contributed by atoms with E-state index in [1.807, 2.05) is 4.90 Å². The number of hydrogen-bond acceptors (Lipinski definition) is 2. The molecule has 1 heterocycles. The number of hydrogen-bond donors (Lipinski definition) is 2. The van der Waals surface area contributed by atoms with E-state index in [1.54, 1.807) is 0 Å². The topological polar surface area (TPSA) is 44.4 Å². The van der Waals surface area contributed by atoms with Gasteiger partial charge in [0.05, 0.1) is 0 Å². The summed E-state index contributed by atoms with van der Waals surface area (Å²) < 4.78 is 0. The second-order valence-corrected chi connectivity index (χ2v) is 7.93. The Hall–Kier alpha value is -0.770. The fourth-order valence-corrected chi connectivity index (χ4v) is 5.69. The summed E-state index contributed by atoms with van der Waals surface area (Å²) in [6.07, 6.45) is 8.02. The molecule has 0 aromatic heterocycles. The van der Waals surface area contributed by atoms with Gasteiger partial charge in [0.15, 0.2) is 0 Å². The maximum atomic E-state index is 12.6. The van der Waals surface area contributed by atoms with Crippen molar-refractivity contribution in [2.24, 2.45) is 17.8 Å². The van der Waals surface area contributed by atoms with Crippen LogP contribution in [0.3, 0.4) is 0 Å². The van der Waals surface area contributed by atoms with Gasteiger partial charge in [-0.25, -0.2) is 4.79 Å². The number of nitrogens with one attached hydrogen (secondary N) is 2. The first-order chi connectivity index (χ1) is 9.62. The number of carbonyl (C=O) groups is 1. The minimum absolute atomic E-state index is 0.153. The average molecular weight is 277 g/mol. The first kappa shape index (κ1) is 12.9. The molecule has 5 aliphatic rings. The van der Waals surface area contributed by atoms with E-state index in [4.69, 9.17) is 0 Å². The van der Waals surface area contributed by atoms with Crippen molar-refractivity contribution in [2.45, 2.75) is 57.0 Å². The molecule has 20 heavy (non-hydrogen) atoms. The van der Waals surface area contributed by atoms with Gasteiger partial charge in [0.1, 0.15) is 0 Å². The summed E-state index contributed by atoms with van der Waals surface area (Å²) in [6.45, 7) is 4.78. The molecule has 4 heteroatoms. The van der Waals surface area contributed by atoms with E-state index in [1.165, 1.54) is 38.5 Å². The van der Waals surface area contributed by atoms with Gasteiger partial charge in [-0.2, -0.15) is 0 Å². The molecule has 2 N–H and O–H groups in total. The van der Waals surface area contributed by atoms with Crippen molar-refractivity contribution < 1.29 is 4.79 Å². The molecule has 0 aromatic carbocycles. The zero-order valence-corrected chi connectivity index (χ0v) is 12.5. The summed E-state index contributed by atoms with van der Waals surface area (Å²) in [7, 11) is 0. The molecule has 1 atom stereocenters. The smallest absolute Gasteiger partial charge is 0.317 e. The van der Waals surface area contributed by atoms with Gasteiger partial charge in [0, 0.05) is 31.2 Å². The van der Waals surface area contributed by atoms with Crippen LogP contribution in [0.2, 0.25) is 0 Å². The SMILES string of the molecule is C[C@@H]1CN(C(=O)NC23CC4CC(CC(C4)C2)C3)CCN1. The van der Waals surface area contributed by atoms with Crippen LogP contribution in [0.5, 0.6) is 0 Å². The molecule has 0 spiro atoms. The first-order valence-corrected chi connectivity index (χ1v) is 8.42. The number of rotatable bonds is 1.